The van der Waals surface area contributed by atoms with Gasteiger partial charge < -0.3 is 30.1 Å². The van der Waals surface area contributed by atoms with Gasteiger partial charge in [-0.15, -0.1) is 0 Å². The summed E-state index contributed by atoms with van der Waals surface area (Å²) in [6, 6.07) is 33.0. The van der Waals surface area contributed by atoms with Crippen molar-refractivity contribution in [2.45, 2.75) is 72.4 Å². The number of carboxylic acids is 1. The predicted octanol–water partition coefficient (Wildman–Crippen LogP) is 10.4. The minimum absolute atomic E-state index is 0.0785. The van der Waals surface area contributed by atoms with Crippen LogP contribution in [0.2, 0.25) is 36.3 Å². The highest BCUT2D eigenvalue weighted by atomic mass is 35.5. The third-order valence-corrected chi connectivity index (χ3v) is 11.7. The molecule has 0 spiro atoms. The maximum Gasteiger partial charge on any atom is 0.314 e. The van der Waals surface area contributed by atoms with Crippen molar-refractivity contribution in [3.05, 3.63) is 154 Å². The average molecular weight is 904 g/mol. The first kappa shape index (κ1) is 51.1. The number of carboxylic acid groups (broad SMARTS) is 1. The van der Waals surface area contributed by atoms with Crippen LogP contribution in [0.3, 0.4) is 0 Å². The molecular formula is C49H56B2Cl2F2O8. The molecule has 0 unspecified atom stereocenters. The van der Waals surface area contributed by atoms with Crippen molar-refractivity contribution in [3.8, 4) is 22.3 Å². The predicted molar refractivity (Wildman–Crippen MR) is 249 cm³/mol. The molecule has 334 valence electrons. The van der Waals surface area contributed by atoms with E-state index < -0.39 is 43.2 Å². The molecule has 14 heteroatoms. The topological polar surface area (TPSA) is 145 Å². The van der Waals surface area contributed by atoms with Gasteiger partial charge in [-0.05, 0) is 128 Å². The molecule has 0 aliphatic rings. The molecule has 0 heterocycles. The number of esters is 1. The molecule has 0 fully saturated rings. The number of ether oxygens (including phenoxy) is 1. The number of carbonyl (C=O) groups excluding carboxylic acids is 1. The Morgan fingerprint density at radius 3 is 1.43 bits per heavy atom. The smallest absolute Gasteiger partial charge is 0.314 e. The van der Waals surface area contributed by atoms with E-state index in [1.165, 1.54) is 31.2 Å². The first-order valence-corrected chi connectivity index (χ1v) is 21.7. The van der Waals surface area contributed by atoms with Gasteiger partial charge >= 0.3 is 11.9 Å². The van der Waals surface area contributed by atoms with E-state index in [2.05, 4.69) is 0 Å². The second kappa shape index (κ2) is 23.9. The normalized spacial score (nSPS) is 14.0. The summed E-state index contributed by atoms with van der Waals surface area (Å²) in [7, 11) is 0. The molecule has 63 heavy (non-hydrogen) atoms. The van der Waals surface area contributed by atoms with Crippen molar-refractivity contribution in [1.29, 1.82) is 0 Å². The molecule has 0 aliphatic heterocycles. The van der Waals surface area contributed by atoms with E-state index in [9.17, 15) is 43.7 Å². The summed E-state index contributed by atoms with van der Waals surface area (Å²) in [6.07, 6.45) is 2.62. The largest absolute Gasteiger partial charge is 0.481 e. The fourth-order valence-electron chi connectivity index (χ4n) is 7.79. The number of carbonyl (C=O) groups is 2. The molecular weight excluding hydrogens is 847 g/mol. The Bertz CT molecular complexity index is 2230. The van der Waals surface area contributed by atoms with Gasteiger partial charge in [0.05, 0.1) is 24.0 Å². The number of aliphatic carboxylic acids is 1. The molecule has 8 nitrogen and oxygen atoms in total. The second-order valence-electron chi connectivity index (χ2n) is 17.2. The third kappa shape index (κ3) is 15.6. The molecule has 0 bridgehead atoms. The lowest BCUT2D eigenvalue weighted by molar-refractivity contribution is -0.160. The van der Waals surface area contributed by atoms with Crippen molar-refractivity contribution in [2.24, 2.45) is 22.7 Å². The van der Waals surface area contributed by atoms with Crippen molar-refractivity contribution < 1.29 is 48.5 Å². The molecule has 0 radical (unpaired) electrons. The molecule has 0 aromatic heterocycles. The van der Waals surface area contributed by atoms with Crippen molar-refractivity contribution in [2.75, 3.05) is 13.2 Å². The zero-order valence-corrected chi connectivity index (χ0v) is 37.6. The SMILES string of the molecule is CB(O)C[C@H](Cc1ccc(-c2cc(Cl)ccc2F)cc1)C[C@@](C)(CO)C(=O)O.CB(O)C[C@H](Cc1ccc(-c2cc(Cl)ccc2F)cc1)C[C@@](C)(CO)C(=O)OCc1ccccc1. The average Bonchev–Trinajstić information content (AvgIpc) is 3.25. The summed E-state index contributed by atoms with van der Waals surface area (Å²) in [5.41, 5.74) is 2.70. The van der Waals surface area contributed by atoms with Gasteiger partial charge in [-0.25, -0.2) is 8.78 Å². The van der Waals surface area contributed by atoms with E-state index in [1.54, 1.807) is 44.8 Å². The fourth-order valence-corrected chi connectivity index (χ4v) is 8.14. The Labute approximate surface area is 380 Å². The molecule has 5 N–H and O–H groups in total. The monoisotopic (exact) mass is 902 g/mol. The summed E-state index contributed by atoms with van der Waals surface area (Å²) in [6.45, 7) is 4.74. The zero-order chi connectivity index (χ0) is 46.3. The van der Waals surface area contributed by atoms with Gasteiger partial charge in [-0.3, -0.25) is 9.59 Å². The second-order valence-corrected chi connectivity index (χ2v) is 18.0. The van der Waals surface area contributed by atoms with E-state index in [-0.39, 0.29) is 43.1 Å². The zero-order valence-electron chi connectivity index (χ0n) is 36.1. The van der Waals surface area contributed by atoms with Crippen molar-refractivity contribution in [1.82, 2.24) is 0 Å². The maximum atomic E-state index is 14.2. The van der Waals surface area contributed by atoms with Crippen LogP contribution >= 0.6 is 23.2 Å². The van der Waals surface area contributed by atoms with E-state index in [0.29, 0.717) is 64.2 Å². The summed E-state index contributed by atoms with van der Waals surface area (Å²) in [4.78, 5) is 24.4. The molecule has 0 saturated carbocycles. The fraction of sp³-hybridized carbons (Fsp3) is 0.347. The van der Waals surface area contributed by atoms with Crippen LogP contribution in [0.1, 0.15) is 43.4 Å². The Morgan fingerprint density at radius 2 is 1.05 bits per heavy atom. The minimum Gasteiger partial charge on any atom is -0.481 e. The van der Waals surface area contributed by atoms with Gasteiger partial charge in [0.1, 0.15) is 18.2 Å². The molecule has 4 atom stereocenters. The maximum absolute atomic E-state index is 14.2. The number of halogens is 4. The summed E-state index contributed by atoms with van der Waals surface area (Å²) < 4.78 is 33.8. The number of aliphatic hydroxyl groups excluding tert-OH is 2. The Balaban J connectivity index is 0.000000284. The van der Waals surface area contributed by atoms with E-state index in [1.807, 2.05) is 66.7 Å². The number of hydrogen-bond donors (Lipinski definition) is 5. The number of benzene rings is 5. The van der Waals surface area contributed by atoms with Crippen LogP contribution in [0.25, 0.3) is 22.3 Å². The quantitative estimate of drug-likeness (QED) is 0.0384. The van der Waals surface area contributed by atoms with Gasteiger partial charge in [0.15, 0.2) is 0 Å². The third-order valence-electron chi connectivity index (χ3n) is 11.2. The van der Waals surface area contributed by atoms with E-state index in [0.717, 1.165) is 16.7 Å². The van der Waals surface area contributed by atoms with Gasteiger partial charge in [-0.2, -0.15) is 0 Å². The number of aliphatic hydroxyl groups is 2. The van der Waals surface area contributed by atoms with Crippen molar-refractivity contribution >= 4 is 49.0 Å². The number of hydrogen-bond acceptors (Lipinski definition) is 7. The first-order valence-electron chi connectivity index (χ1n) is 21.0. The number of rotatable bonds is 20. The van der Waals surface area contributed by atoms with Crippen LogP contribution < -0.4 is 0 Å². The highest BCUT2D eigenvalue weighted by Crippen LogP contribution is 2.35. The highest BCUT2D eigenvalue weighted by molar-refractivity contribution is 6.48. The lowest BCUT2D eigenvalue weighted by atomic mass is 9.60. The highest BCUT2D eigenvalue weighted by Gasteiger charge is 2.38. The molecule has 5 rings (SSSR count). The molecule has 0 saturated heterocycles. The molecule has 0 aliphatic carbocycles. The van der Waals surface area contributed by atoms with Crippen LogP contribution in [0.4, 0.5) is 8.78 Å². The molecule has 5 aromatic rings. The van der Waals surface area contributed by atoms with Crippen LogP contribution in [0.15, 0.2) is 115 Å². The summed E-state index contributed by atoms with van der Waals surface area (Å²) in [5.74, 6) is -2.43. The van der Waals surface area contributed by atoms with Crippen LogP contribution in [-0.4, -0.2) is 64.4 Å². The molecule has 5 aromatic carbocycles. The van der Waals surface area contributed by atoms with Crippen molar-refractivity contribution in [3.63, 3.8) is 0 Å². The Morgan fingerprint density at radius 1 is 0.635 bits per heavy atom. The van der Waals surface area contributed by atoms with E-state index >= 15 is 0 Å². The summed E-state index contributed by atoms with van der Waals surface area (Å²) in [5, 5.41) is 49.8. The lowest BCUT2D eigenvalue weighted by Crippen LogP contribution is -2.36. The van der Waals surface area contributed by atoms with E-state index in [4.69, 9.17) is 27.9 Å². The summed E-state index contributed by atoms with van der Waals surface area (Å²) >= 11 is 12.0. The Hall–Kier alpha value is -4.55. The first-order chi connectivity index (χ1) is 29.8. The van der Waals surface area contributed by atoms with Crippen LogP contribution in [-0.2, 0) is 33.8 Å². The lowest BCUT2D eigenvalue weighted by Gasteiger charge is -2.30. The molecule has 0 amide bonds. The standard InChI is InChI=1S/C28H31BClFO4.C21H25BClFO4/c1-28(19-32,27(33)35-18-21-6-4-3-5-7-21)16-22(17-29(2)34)14-20-8-10-23(11-9-20)25-15-24(30)12-13-26(25)31;1-21(13-25,20(26)27)11-15(12-22(2)28)9-14-3-5-16(6-4-14)18-10-17(23)7-8-19(18)24/h3-13,15,22,32,34H,14,16-19H2,1-2H3;3-8,10,15,25,28H,9,11-13H2,1-2H3,(H,26,27)/t22-,28+;15-,21+/m11/s1. The van der Waals surface area contributed by atoms with Crippen LogP contribution in [0, 0.1) is 34.3 Å². The van der Waals surface area contributed by atoms with Gasteiger partial charge in [-0.1, -0.05) is 116 Å². The minimum atomic E-state index is -1.26. The van der Waals surface area contributed by atoms with Crippen LogP contribution in [0.5, 0.6) is 0 Å². The van der Waals surface area contributed by atoms with Gasteiger partial charge in [0.25, 0.3) is 13.8 Å². The van der Waals surface area contributed by atoms with Gasteiger partial charge in [0.2, 0.25) is 0 Å². The van der Waals surface area contributed by atoms with Gasteiger partial charge in [0, 0.05) is 21.2 Å². The Kier molecular flexibility index (Phi) is 19.4.